The summed E-state index contributed by atoms with van der Waals surface area (Å²) in [6.07, 6.45) is 1.62. The van der Waals surface area contributed by atoms with Gasteiger partial charge in [-0.25, -0.2) is 0 Å². The topological polar surface area (TPSA) is 55.6 Å². The predicted molar refractivity (Wildman–Crippen MR) is 91.9 cm³/mol. The number of ether oxygens (including phenoxy) is 1. The van der Waals surface area contributed by atoms with Crippen LogP contribution in [0, 0.1) is 12.8 Å². The molecule has 2 rings (SSSR count). The van der Waals surface area contributed by atoms with Gasteiger partial charge in [-0.05, 0) is 73.2 Å². The minimum Gasteiger partial charge on any atom is -0.480 e. The monoisotopic (exact) mass is 368 g/mol. The molecule has 0 radical (unpaired) electrons. The molecule has 122 valence electrons. The molecule has 1 saturated heterocycles. The highest BCUT2D eigenvalue weighted by atomic mass is 79.9. The van der Waals surface area contributed by atoms with Crippen molar-refractivity contribution in [1.29, 1.82) is 0 Å². The Bertz CT molecular complexity index is 533. The molecule has 0 bridgehead atoms. The van der Waals surface area contributed by atoms with Gasteiger partial charge in [0.1, 0.15) is 5.75 Å². The van der Waals surface area contributed by atoms with Crippen LogP contribution in [0.4, 0.5) is 0 Å². The third kappa shape index (κ3) is 4.23. The van der Waals surface area contributed by atoms with Crippen LogP contribution in [0.2, 0.25) is 0 Å². The SMILES string of the molecule is Cc1ccc(O[C@H](C)C(=O)N2CCC[C@@H]([C@H](C)N)C2)c(Br)c1. The Morgan fingerprint density at radius 2 is 2.18 bits per heavy atom. The smallest absolute Gasteiger partial charge is 0.263 e. The van der Waals surface area contributed by atoms with E-state index < -0.39 is 6.10 Å². The second-order valence-electron chi connectivity index (χ2n) is 6.24. The first-order valence-electron chi connectivity index (χ1n) is 7.85. The van der Waals surface area contributed by atoms with Gasteiger partial charge in [-0.2, -0.15) is 0 Å². The number of rotatable bonds is 4. The molecule has 4 nitrogen and oxygen atoms in total. The number of carbonyl (C=O) groups is 1. The summed E-state index contributed by atoms with van der Waals surface area (Å²) in [5, 5.41) is 0. The van der Waals surface area contributed by atoms with Crippen molar-refractivity contribution in [3.8, 4) is 5.75 Å². The van der Waals surface area contributed by atoms with E-state index in [9.17, 15) is 4.79 Å². The first-order chi connectivity index (χ1) is 10.4. The van der Waals surface area contributed by atoms with Crippen LogP contribution in [-0.2, 0) is 4.79 Å². The van der Waals surface area contributed by atoms with E-state index in [0.717, 1.165) is 36.0 Å². The number of nitrogens with two attached hydrogens (primary N) is 1. The van der Waals surface area contributed by atoms with Crippen LogP contribution >= 0.6 is 15.9 Å². The summed E-state index contributed by atoms with van der Waals surface area (Å²) in [5.74, 6) is 1.13. The average Bonchev–Trinajstić information content (AvgIpc) is 2.49. The van der Waals surface area contributed by atoms with Crippen LogP contribution in [0.15, 0.2) is 22.7 Å². The lowest BCUT2D eigenvalue weighted by atomic mass is 9.92. The molecule has 22 heavy (non-hydrogen) atoms. The number of amides is 1. The number of likely N-dealkylation sites (tertiary alicyclic amines) is 1. The molecule has 3 atom stereocenters. The van der Waals surface area contributed by atoms with Crippen molar-refractivity contribution in [1.82, 2.24) is 4.90 Å². The molecule has 1 aromatic carbocycles. The molecule has 0 aliphatic carbocycles. The zero-order valence-electron chi connectivity index (χ0n) is 13.5. The Hall–Kier alpha value is -1.07. The molecule has 1 heterocycles. The van der Waals surface area contributed by atoms with E-state index in [2.05, 4.69) is 15.9 Å². The van der Waals surface area contributed by atoms with E-state index in [0.29, 0.717) is 11.7 Å². The maximum absolute atomic E-state index is 12.6. The summed E-state index contributed by atoms with van der Waals surface area (Å²) >= 11 is 3.48. The summed E-state index contributed by atoms with van der Waals surface area (Å²) < 4.78 is 6.72. The first-order valence-corrected chi connectivity index (χ1v) is 8.65. The van der Waals surface area contributed by atoms with E-state index in [4.69, 9.17) is 10.5 Å². The molecule has 1 aliphatic rings. The maximum atomic E-state index is 12.6. The van der Waals surface area contributed by atoms with Gasteiger partial charge in [-0.15, -0.1) is 0 Å². The fourth-order valence-electron chi connectivity index (χ4n) is 2.84. The number of aryl methyl sites for hydroxylation is 1. The summed E-state index contributed by atoms with van der Waals surface area (Å²) in [7, 11) is 0. The van der Waals surface area contributed by atoms with Crippen LogP contribution in [0.25, 0.3) is 0 Å². The van der Waals surface area contributed by atoms with Gasteiger partial charge in [-0.3, -0.25) is 4.79 Å². The van der Waals surface area contributed by atoms with Gasteiger partial charge in [0, 0.05) is 19.1 Å². The highest BCUT2D eigenvalue weighted by Gasteiger charge is 2.29. The van der Waals surface area contributed by atoms with Gasteiger partial charge in [-0.1, -0.05) is 6.07 Å². The molecule has 0 aromatic heterocycles. The van der Waals surface area contributed by atoms with Crippen LogP contribution in [0.5, 0.6) is 5.75 Å². The molecule has 5 heteroatoms. The fourth-order valence-corrected chi connectivity index (χ4v) is 3.43. The molecule has 1 amide bonds. The van der Waals surface area contributed by atoms with Crippen molar-refractivity contribution in [2.24, 2.45) is 11.7 Å². The molecule has 1 aliphatic heterocycles. The lowest BCUT2D eigenvalue weighted by Gasteiger charge is -2.35. The standard InChI is InChI=1S/C17H25BrN2O2/c1-11-6-7-16(15(18)9-11)22-13(3)17(21)20-8-4-5-14(10-20)12(2)19/h6-7,9,12-14H,4-5,8,10,19H2,1-3H3/t12-,13+,14+/m0/s1. The molecular weight excluding hydrogens is 344 g/mol. The van der Waals surface area contributed by atoms with E-state index in [1.165, 1.54) is 0 Å². The fraction of sp³-hybridized carbons (Fsp3) is 0.588. The van der Waals surface area contributed by atoms with Crippen molar-refractivity contribution < 1.29 is 9.53 Å². The van der Waals surface area contributed by atoms with Gasteiger partial charge < -0.3 is 15.4 Å². The number of piperidine rings is 1. The van der Waals surface area contributed by atoms with Gasteiger partial charge in [0.05, 0.1) is 4.47 Å². The van der Waals surface area contributed by atoms with E-state index in [-0.39, 0.29) is 11.9 Å². The van der Waals surface area contributed by atoms with Crippen molar-refractivity contribution in [3.05, 3.63) is 28.2 Å². The summed E-state index contributed by atoms with van der Waals surface area (Å²) in [5.41, 5.74) is 7.14. The molecule has 1 aromatic rings. The third-order valence-corrected chi connectivity index (χ3v) is 4.87. The van der Waals surface area contributed by atoms with E-state index in [1.54, 1.807) is 0 Å². The van der Waals surface area contributed by atoms with Crippen molar-refractivity contribution in [2.75, 3.05) is 13.1 Å². The first kappa shape index (κ1) is 17.3. The lowest BCUT2D eigenvalue weighted by molar-refractivity contribution is -0.139. The summed E-state index contributed by atoms with van der Waals surface area (Å²) in [6.45, 7) is 7.38. The number of hydrogen-bond acceptors (Lipinski definition) is 3. The van der Waals surface area contributed by atoms with Crippen LogP contribution < -0.4 is 10.5 Å². The molecule has 0 saturated carbocycles. The Balaban J connectivity index is 1.99. The third-order valence-electron chi connectivity index (χ3n) is 4.25. The number of hydrogen-bond donors (Lipinski definition) is 1. The summed E-state index contributed by atoms with van der Waals surface area (Å²) in [4.78, 5) is 14.5. The molecule has 0 unspecified atom stereocenters. The number of carbonyl (C=O) groups excluding carboxylic acids is 1. The van der Waals surface area contributed by atoms with E-state index >= 15 is 0 Å². The quantitative estimate of drug-likeness (QED) is 0.887. The van der Waals surface area contributed by atoms with Crippen molar-refractivity contribution >= 4 is 21.8 Å². The van der Waals surface area contributed by atoms with Gasteiger partial charge >= 0.3 is 0 Å². The van der Waals surface area contributed by atoms with Crippen molar-refractivity contribution in [3.63, 3.8) is 0 Å². The second kappa shape index (κ2) is 7.47. The van der Waals surface area contributed by atoms with Crippen LogP contribution in [-0.4, -0.2) is 36.0 Å². The minimum absolute atomic E-state index is 0.0397. The Morgan fingerprint density at radius 3 is 2.82 bits per heavy atom. The minimum atomic E-state index is -0.495. The number of halogens is 1. The highest BCUT2D eigenvalue weighted by Crippen LogP contribution is 2.27. The molecule has 1 fully saturated rings. The van der Waals surface area contributed by atoms with Crippen LogP contribution in [0.1, 0.15) is 32.3 Å². The number of benzene rings is 1. The largest absolute Gasteiger partial charge is 0.480 e. The number of nitrogens with zero attached hydrogens (tertiary/aromatic N) is 1. The van der Waals surface area contributed by atoms with E-state index in [1.807, 2.05) is 43.9 Å². The van der Waals surface area contributed by atoms with Gasteiger partial charge in [0.25, 0.3) is 5.91 Å². The second-order valence-corrected chi connectivity index (χ2v) is 7.09. The lowest BCUT2D eigenvalue weighted by Crippen LogP contribution is -2.48. The normalized spacial score (nSPS) is 21.3. The van der Waals surface area contributed by atoms with Gasteiger partial charge in [0.2, 0.25) is 0 Å². The Morgan fingerprint density at radius 1 is 1.45 bits per heavy atom. The summed E-state index contributed by atoms with van der Waals surface area (Å²) in [6, 6.07) is 5.98. The molecule has 2 N–H and O–H groups in total. The molecular formula is C17H25BrN2O2. The Kier molecular flexibility index (Phi) is 5.87. The van der Waals surface area contributed by atoms with Crippen LogP contribution in [0.3, 0.4) is 0 Å². The Labute approximate surface area is 141 Å². The predicted octanol–water partition coefficient (Wildman–Crippen LogP) is 3.11. The zero-order valence-corrected chi connectivity index (χ0v) is 15.1. The average molecular weight is 369 g/mol. The van der Waals surface area contributed by atoms with Crippen molar-refractivity contribution in [2.45, 2.75) is 45.8 Å². The zero-order chi connectivity index (χ0) is 16.3. The van der Waals surface area contributed by atoms with Gasteiger partial charge in [0.15, 0.2) is 6.10 Å². The maximum Gasteiger partial charge on any atom is 0.263 e. The highest BCUT2D eigenvalue weighted by molar-refractivity contribution is 9.10. The molecule has 0 spiro atoms.